The molecule has 1 aromatic carbocycles. The Balaban J connectivity index is 1.68. The molecular weight excluding hydrogens is 300 g/mol. The number of carbonyl (C=O) groups is 1. The highest BCUT2D eigenvalue weighted by Crippen LogP contribution is 2.41. The molecular formula is C17H19F2N3O. The van der Waals surface area contributed by atoms with Crippen molar-refractivity contribution in [1.29, 1.82) is 0 Å². The second-order valence-corrected chi connectivity index (χ2v) is 5.93. The highest BCUT2D eigenvalue weighted by atomic mass is 19.3. The van der Waals surface area contributed by atoms with E-state index < -0.39 is 6.43 Å². The van der Waals surface area contributed by atoms with Crippen molar-refractivity contribution >= 4 is 5.91 Å². The molecule has 1 aromatic heterocycles. The van der Waals surface area contributed by atoms with Crippen molar-refractivity contribution in [3.8, 4) is 0 Å². The van der Waals surface area contributed by atoms with Gasteiger partial charge in [0.15, 0.2) is 0 Å². The Morgan fingerprint density at radius 1 is 1.35 bits per heavy atom. The van der Waals surface area contributed by atoms with Crippen molar-refractivity contribution in [2.45, 2.75) is 44.7 Å². The summed E-state index contributed by atoms with van der Waals surface area (Å²) in [5, 5.41) is 6.78. The van der Waals surface area contributed by atoms with E-state index in [0.29, 0.717) is 0 Å². The van der Waals surface area contributed by atoms with Gasteiger partial charge in [-0.2, -0.15) is 5.10 Å². The molecule has 0 radical (unpaired) electrons. The molecule has 3 rings (SSSR count). The lowest BCUT2D eigenvalue weighted by molar-refractivity contribution is -0.122. The van der Waals surface area contributed by atoms with Gasteiger partial charge >= 0.3 is 0 Å². The van der Waals surface area contributed by atoms with Crippen LogP contribution in [0.2, 0.25) is 0 Å². The molecule has 6 heteroatoms. The number of halogens is 2. The minimum atomic E-state index is -2.61. The average Bonchev–Trinajstić information content (AvgIpc) is 3.29. The lowest BCUT2D eigenvalue weighted by Gasteiger charge is -2.15. The van der Waals surface area contributed by atoms with Gasteiger partial charge in [0.05, 0.1) is 6.04 Å². The predicted molar refractivity (Wildman–Crippen MR) is 82.2 cm³/mol. The molecule has 2 aromatic rings. The summed E-state index contributed by atoms with van der Waals surface area (Å²) in [6.07, 6.45) is -0.674. The summed E-state index contributed by atoms with van der Waals surface area (Å²) in [6.45, 7) is 1.86. The molecule has 23 heavy (non-hydrogen) atoms. The van der Waals surface area contributed by atoms with Crippen LogP contribution < -0.4 is 5.32 Å². The summed E-state index contributed by atoms with van der Waals surface area (Å²) >= 11 is 0. The first-order valence-electron chi connectivity index (χ1n) is 7.74. The third-order valence-corrected chi connectivity index (χ3v) is 4.02. The van der Waals surface area contributed by atoms with Crippen LogP contribution in [0.5, 0.6) is 0 Å². The molecule has 1 saturated carbocycles. The highest BCUT2D eigenvalue weighted by molar-refractivity contribution is 5.76. The Morgan fingerprint density at radius 3 is 2.65 bits per heavy atom. The topological polar surface area (TPSA) is 46.9 Å². The van der Waals surface area contributed by atoms with Crippen LogP contribution in [0.4, 0.5) is 8.78 Å². The smallest absolute Gasteiger partial charge is 0.282 e. The fraction of sp³-hybridized carbons (Fsp3) is 0.412. The minimum Gasteiger partial charge on any atom is -0.348 e. The monoisotopic (exact) mass is 319 g/mol. The van der Waals surface area contributed by atoms with Crippen LogP contribution >= 0.6 is 0 Å². The van der Waals surface area contributed by atoms with E-state index in [9.17, 15) is 13.6 Å². The third-order valence-electron chi connectivity index (χ3n) is 4.02. The molecule has 0 spiro atoms. The van der Waals surface area contributed by atoms with Gasteiger partial charge < -0.3 is 5.32 Å². The number of hydrogen-bond donors (Lipinski definition) is 1. The van der Waals surface area contributed by atoms with Crippen LogP contribution in [0.15, 0.2) is 36.4 Å². The Bertz CT molecular complexity index is 680. The molecule has 1 unspecified atom stereocenters. The second-order valence-electron chi connectivity index (χ2n) is 5.93. The van der Waals surface area contributed by atoms with E-state index in [1.54, 1.807) is 0 Å². The molecule has 1 amide bonds. The number of carbonyl (C=O) groups excluding carboxylic acids is 1. The van der Waals surface area contributed by atoms with Crippen molar-refractivity contribution in [1.82, 2.24) is 15.1 Å². The predicted octanol–water partition coefficient (Wildman–Crippen LogP) is 3.58. The second kappa shape index (κ2) is 6.48. The molecule has 1 heterocycles. The number of amides is 1. The quantitative estimate of drug-likeness (QED) is 0.884. The first-order valence-corrected chi connectivity index (χ1v) is 7.74. The van der Waals surface area contributed by atoms with Crippen molar-refractivity contribution in [3.63, 3.8) is 0 Å². The molecule has 0 bridgehead atoms. The Labute approximate surface area is 133 Å². The van der Waals surface area contributed by atoms with E-state index in [1.807, 2.05) is 37.3 Å². The Morgan fingerprint density at radius 2 is 2.04 bits per heavy atom. The number of aromatic nitrogens is 2. The SMILES string of the molecule is CC(NC(=O)Cn1nc(C(F)F)cc1C1CC1)c1ccccc1. The molecule has 122 valence electrons. The van der Waals surface area contributed by atoms with Crippen molar-refractivity contribution in [2.75, 3.05) is 0 Å². The van der Waals surface area contributed by atoms with Gasteiger partial charge in [0.2, 0.25) is 5.91 Å². The van der Waals surface area contributed by atoms with Crippen LogP contribution in [0.3, 0.4) is 0 Å². The van der Waals surface area contributed by atoms with Crippen molar-refractivity contribution < 1.29 is 13.6 Å². The zero-order valence-corrected chi connectivity index (χ0v) is 12.9. The molecule has 1 fully saturated rings. The van der Waals surface area contributed by atoms with Gasteiger partial charge in [-0.1, -0.05) is 30.3 Å². The number of nitrogens with zero attached hydrogens (tertiary/aromatic N) is 2. The fourth-order valence-corrected chi connectivity index (χ4v) is 2.64. The van der Waals surface area contributed by atoms with Gasteiger partial charge in [-0.05, 0) is 31.4 Å². The maximum Gasteiger partial charge on any atom is 0.282 e. The number of hydrogen-bond acceptors (Lipinski definition) is 2. The average molecular weight is 319 g/mol. The number of nitrogens with one attached hydrogen (secondary N) is 1. The van der Waals surface area contributed by atoms with Gasteiger partial charge in [0.1, 0.15) is 12.2 Å². The van der Waals surface area contributed by atoms with Crippen LogP contribution in [-0.2, 0) is 11.3 Å². The summed E-state index contributed by atoms with van der Waals surface area (Å²) < 4.78 is 27.1. The van der Waals surface area contributed by atoms with Crippen LogP contribution in [0.25, 0.3) is 0 Å². The lowest BCUT2D eigenvalue weighted by Crippen LogP contribution is -2.31. The Kier molecular flexibility index (Phi) is 4.41. The molecule has 1 atom stereocenters. The molecule has 1 N–H and O–H groups in total. The molecule has 4 nitrogen and oxygen atoms in total. The van der Waals surface area contributed by atoms with E-state index in [-0.39, 0.29) is 30.1 Å². The first-order chi connectivity index (χ1) is 11.0. The zero-order chi connectivity index (χ0) is 16.4. The molecule has 1 aliphatic rings. The van der Waals surface area contributed by atoms with E-state index in [4.69, 9.17) is 0 Å². The van der Waals surface area contributed by atoms with Gasteiger partial charge in [-0.25, -0.2) is 8.78 Å². The van der Waals surface area contributed by atoms with Crippen LogP contribution in [-0.4, -0.2) is 15.7 Å². The summed E-state index contributed by atoms with van der Waals surface area (Å²) in [4.78, 5) is 12.2. The maximum atomic E-state index is 12.8. The molecule has 0 saturated heterocycles. The zero-order valence-electron chi connectivity index (χ0n) is 12.9. The number of alkyl halides is 2. The fourth-order valence-electron chi connectivity index (χ4n) is 2.64. The van der Waals surface area contributed by atoms with Gasteiger partial charge in [-0.3, -0.25) is 9.48 Å². The largest absolute Gasteiger partial charge is 0.348 e. The number of rotatable bonds is 6. The van der Waals surface area contributed by atoms with Crippen molar-refractivity contribution in [2.24, 2.45) is 0 Å². The van der Waals surface area contributed by atoms with Crippen molar-refractivity contribution in [3.05, 3.63) is 53.3 Å². The summed E-state index contributed by atoms with van der Waals surface area (Å²) in [5.74, 6) is 0.0292. The minimum absolute atomic E-state index is 0.0320. The molecule has 0 aliphatic heterocycles. The lowest BCUT2D eigenvalue weighted by atomic mass is 10.1. The Hall–Kier alpha value is -2.24. The maximum absolute atomic E-state index is 12.8. The van der Waals surface area contributed by atoms with Crippen LogP contribution in [0, 0.1) is 0 Å². The third kappa shape index (κ3) is 3.75. The van der Waals surface area contributed by atoms with E-state index >= 15 is 0 Å². The summed E-state index contributed by atoms with van der Waals surface area (Å²) in [7, 11) is 0. The normalized spacial score (nSPS) is 15.7. The van der Waals surface area contributed by atoms with Gasteiger partial charge in [0, 0.05) is 11.6 Å². The van der Waals surface area contributed by atoms with Gasteiger partial charge in [-0.15, -0.1) is 0 Å². The van der Waals surface area contributed by atoms with Crippen LogP contribution in [0.1, 0.15) is 55.1 Å². The first kappa shape index (κ1) is 15.6. The van der Waals surface area contributed by atoms with Gasteiger partial charge in [0.25, 0.3) is 6.43 Å². The molecule has 1 aliphatic carbocycles. The number of benzene rings is 1. The highest BCUT2D eigenvalue weighted by Gasteiger charge is 2.30. The van der Waals surface area contributed by atoms with E-state index in [1.165, 1.54) is 10.7 Å². The van der Waals surface area contributed by atoms with E-state index in [2.05, 4.69) is 10.4 Å². The summed E-state index contributed by atoms with van der Waals surface area (Å²) in [5.41, 5.74) is 1.48. The van der Waals surface area contributed by atoms with E-state index in [0.717, 1.165) is 24.1 Å². The standard InChI is InChI=1S/C17H19F2N3O/c1-11(12-5-3-2-4-6-12)20-16(23)10-22-15(13-7-8-13)9-14(21-22)17(18)19/h2-6,9,11,13,17H,7-8,10H2,1H3,(H,20,23). The summed E-state index contributed by atoms with van der Waals surface area (Å²) in [6, 6.07) is 10.9.